The summed E-state index contributed by atoms with van der Waals surface area (Å²) in [4.78, 5) is 16.0. The molecule has 94 valence electrons. The van der Waals surface area contributed by atoms with Gasteiger partial charge in [0, 0.05) is 17.8 Å². The number of rotatable bonds is 4. The van der Waals surface area contributed by atoms with Crippen molar-refractivity contribution in [2.24, 2.45) is 5.73 Å². The second-order valence-electron chi connectivity index (χ2n) is 4.29. The lowest BCUT2D eigenvalue weighted by atomic mass is 10.1. The van der Waals surface area contributed by atoms with E-state index in [-0.39, 0.29) is 5.91 Å². The summed E-state index contributed by atoms with van der Waals surface area (Å²) in [6.07, 6.45) is 5.06. The minimum atomic E-state index is -0.457. The maximum atomic E-state index is 11.9. The molecule has 1 aromatic heterocycles. The van der Waals surface area contributed by atoms with Gasteiger partial charge in [-0.1, -0.05) is 25.5 Å². The van der Waals surface area contributed by atoms with Crippen molar-refractivity contribution in [1.82, 2.24) is 4.98 Å². The monoisotopic (exact) mass is 243 g/mol. The maximum absolute atomic E-state index is 11.9. The molecule has 0 bridgehead atoms. The van der Waals surface area contributed by atoms with E-state index < -0.39 is 6.04 Å². The van der Waals surface area contributed by atoms with Crippen LogP contribution in [0.4, 0.5) is 5.69 Å². The Balaban J connectivity index is 2.24. The van der Waals surface area contributed by atoms with E-state index in [4.69, 9.17) is 5.73 Å². The number of hydrogen-bond acceptors (Lipinski definition) is 3. The van der Waals surface area contributed by atoms with Crippen molar-refractivity contribution in [3.8, 4) is 0 Å². The molecule has 0 fully saturated rings. The molecule has 0 aliphatic rings. The molecular weight excluding hydrogens is 226 g/mol. The summed E-state index contributed by atoms with van der Waals surface area (Å²) in [6, 6.07) is 7.21. The fraction of sp³-hybridized carbons (Fsp3) is 0.286. The highest BCUT2D eigenvalue weighted by molar-refractivity contribution is 6.03. The number of aromatic nitrogens is 1. The van der Waals surface area contributed by atoms with Crippen LogP contribution in [0.3, 0.4) is 0 Å². The predicted molar refractivity (Wildman–Crippen MR) is 73.3 cm³/mol. The minimum absolute atomic E-state index is 0.145. The Morgan fingerprint density at radius 2 is 2.28 bits per heavy atom. The largest absolute Gasteiger partial charge is 0.324 e. The number of benzene rings is 1. The summed E-state index contributed by atoms with van der Waals surface area (Å²) < 4.78 is 0. The molecule has 1 atom stereocenters. The van der Waals surface area contributed by atoms with Crippen LogP contribution in [-0.4, -0.2) is 16.9 Å². The van der Waals surface area contributed by atoms with E-state index >= 15 is 0 Å². The Morgan fingerprint density at radius 3 is 3.06 bits per heavy atom. The molecule has 3 N–H and O–H groups in total. The molecule has 0 aliphatic carbocycles. The van der Waals surface area contributed by atoms with Gasteiger partial charge in [-0.3, -0.25) is 9.78 Å². The Bertz CT molecular complexity index is 548. The number of nitrogens with zero attached hydrogens (tertiary/aromatic N) is 1. The average molecular weight is 243 g/mol. The summed E-state index contributed by atoms with van der Waals surface area (Å²) in [6.45, 7) is 2.01. The van der Waals surface area contributed by atoms with Gasteiger partial charge in [-0.15, -0.1) is 0 Å². The Kier molecular flexibility index (Phi) is 3.89. The van der Waals surface area contributed by atoms with Crippen molar-refractivity contribution in [3.05, 3.63) is 36.7 Å². The third kappa shape index (κ3) is 2.65. The number of amides is 1. The second-order valence-corrected chi connectivity index (χ2v) is 4.29. The molecule has 18 heavy (non-hydrogen) atoms. The fourth-order valence-electron chi connectivity index (χ4n) is 1.89. The van der Waals surface area contributed by atoms with Crippen LogP contribution in [0.15, 0.2) is 36.7 Å². The van der Waals surface area contributed by atoms with E-state index in [1.807, 2.05) is 31.2 Å². The number of hydrogen-bond donors (Lipinski definition) is 2. The number of nitrogens with two attached hydrogens (primary N) is 1. The zero-order chi connectivity index (χ0) is 13.0. The zero-order valence-electron chi connectivity index (χ0n) is 10.4. The first-order chi connectivity index (χ1) is 8.72. The highest BCUT2D eigenvalue weighted by Gasteiger charge is 2.13. The third-order valence-electron chi connectivity index (χ3n) is 2.88. The third-order valence-corrected chi connectivity index (χ3v) is 2.88. The molecular formula is C14H17N3O. The van der Waals surface area contributed by atoms with Crippen LogP contribution in [0.25, 0.3) is 10.8 Å². The van der Waals surface area contributed by atoms with Gasteiger partial charge in [0.15, 0.2) is 0 Å². The summed E-state index contributed by atoms with van der Waals surface area (Å²) >= 11 is 0. The molecule has 1 amide bonds. The quantitative estimate of drug-likeness (QED) is 0.865. The molecule has 4 heteroatoms. The summed E-state index contributed by atoms with van der Waals surface area (Å²) in [7, 11) is 0. The number of carbonyl (C=O) groups excluding carboxylic acids is 1. The number of pyridine rings is 1. The molecule has 0 saturated heterocycles. The van der Waals surface area contributed by atoms with Gasteiger partial charge in [-0.05, 0) is 23.9 Å². The molecule has 4 nitrogen and oxygen atoms in total. The van der Waals surface area contributed by atoms with Gasteiger partial charge in [-0.25, -0.2) is 0 Å². The van der Waals surface area contributed by atoms with Crippen LogP contribution >= 0.6 is 0 Å². The van der Waals surface area contributed by atoms with Gasteiger partial charge < -0.3 is 11.1 Å². The highest BCUT2D eigenvalue weighted by atomic mass is 16.2. The second kappa shape index (κ2) is 5.60. The van der Waals surface area contributed by atoms with Crippen LogP contribution in [-0.2, 0) is 4.79 Å². The first kappa shape index (κ1) is 12.5. The number of nitrogens with one attached hydrogen (secondary N) is 1. The predicted octanol–water partition coefficient (Wildman–Crippen LogP) is 2.30. The number of anilines is 1. The topological polar surface area (TPSA) is 68.0 Å². The van der Waals surface area contributed by atoms with E-state index in [1.165, 1.54) is 0 Å². The smallest absolute Gasteiger partial charge is 0.241 e. The van der Waals surface area contributed by atoms with Gasteiger partial charge in [0.05, 0.1) is 11.7 Å². The SMILES string of the molecule is CCC[C@@H](N)C(=O)Nc1cccc2ccncc12. The lowest BCUT2D eigenvalue weighted by molar-refractivity contribution is -0.117. The molecule has 1 heterocycles. The van der Waals surface area contributed by atoms with Crippen molar-refractivity contribution in [2.45, 2.75) is 25.8 Å². The standard InChI is InChI=1S/C14H17N3O/c1-2-4-12(15)14(18)17-13-6-3-5-10-7-8-16-9-11(10)13/h3,5-9,12H,2,4,15H2,1H3,(H,17,18)/t12-/m1/s1. The molecule has 2 rings (SSSR count). The van der Waals surface area contributed by atoms with Gasteiger partial charge >= 0.3 is 0 Å². The highest BCUT2D eigenvalue weighted by Crippen LogP contribution is 2.22. The van der Waals surface area contributed by atoms with Gasteiger partial charge in [-0.2, -0.15) is 0 Å². The normalized spacial score (nSPS) is 12.3. The maximum Gasteiger partial charge on any atom is 0.241 e. The molecule has 2 aromatic rings. The van der Waals surface area contributed by atoms with Gasteiger partial charge in [0.2, 0.25) is 5.91 Å². The molecule has 0 saturated carbocycles. The zero-order valence-corrected chi connectivity index (χ0v) is 10.4. The van der Waals surface area contributed by atoms with Crippen molar-refractivity contribution in [3.63, 3.8) is 0 Å². The van der Waals surface area contributed by atoms with Gasteiger partial charge in [0.25, 0.3) is 0 Å². The first-order valence-electron chi connectivity index (χ1n) is 6.11. The molecule has 0 unspecified atom stereocenters. The summed E-state index contributed by atoms with van der Waals surface area (Å²) in [5, 5.41) is 4.84. The Morgan fingerprint density at radius 1 is 1.44 bits per heavy atom. The Labute approximate surface area is 106 Å². The number of fused-ring (bicyclic) bond motifs is 1. The molecule has 0 aliphatic heterocycles. The van der Waals surface area contributed by atoms with Crippen molar-refractivity contribution in [2.75, 3.05) is 5.32 Å². The van der Waals surface area contributed by atoms with Crippen molar-refractivity contribution >= 4 is 22.4 Å². The van der Waals surface area contributed by atoms with E-state index in [1.54, 1.807) is 12.4 Å². The average Bonchev–Trinajstić information content (AvgIpc) is 2.39. The lowest BCUT2D eigenvalue weighted by Crippen LogP contribution is -2.35. The van der Waals surface area contributed by atoms with Crippen molar-refractivity contribution in [1.29, 1.82) is 0 Å². The van der Waals surface area contributed by atoms with Crippen LogP contribution in [0, 0.1) is 0 Å². The lowest BCUT2D eigenvalue weighted by Gasteiger charge is -2.12. The van der Waals surface area contributed by atoms with E-state index in [9.17, 15) is 4.79 Å². The van der Waals surface area contributed by atoms with Crippen LogP contribution in [0.5, 0.6) is 0 Å². The molecule has 0 radical (unpaired) electrons. The first-order valence-corrected chi connectivity index (χ1v) is 6.11. The van der Waals surface area contributed by atoms with E-state index in [0.29, 0.717) is 6.42 Å². The number of carbonyl (C=O) groups is 1. The van der Waals surface area contributed by atoms with Crippen molar-refractivity contribution < 1.29 is 4.79 Å². The van der Waals surface area contributed by atoms with Crippen LogP contribution < -0.4 is 11.1 Å². The van der Waals surface area contributed by atoms with Crippen LogP contribution in [0.1, 0.15) is 19.8 Å². The van der Waals surface area contributed by atoms with E-state index in [0.717, 1.165) is 22.9 Å². The molecule has 1 aromatic carbocycles. The summed E-state index contributed by atoms with van der Waals surface area (Å²) in [5.74, 6) is -0.145. The fourth-order valence-corrected chi connectivity index (χ4v) is 1.89. The minimum Gasteiger partial charge on any atom is -0.324 e. The summed E-state index contributed by atoms with van der Waals surface area (Å²) in [5.41, 5.74) is 6.55. The Hall–Kier alpha value is -1.94. The van der Waals surface area contributed by atoms with E-state index in [2.05, 4.69) is 10.3 Å². The van der Waals surface area contributed by atoms with Crippen LogP contribution in [0.2, 0.25) is 0 Å². The van der Waals surface area contributed by atoms with Gasteiger partial charge in [0.1, 0.15) is 0 Å². The molecule has 0 spiro atoms.